The van der Waals surface area contributed by atoms with Gasteiger partial charge in [0.05, 0.1) is 20.8 Å². The van der Waals surface area contributed by atoms with Crippen molar-refractivity contribution < 1.29 is 19.0 Å². The van der Waals surface area contributed by atoms with Crippen LogP contribution in [0.5, 0.6) is 17.2 Å². The molecule has 0 spiro atoms. The van der Waals surface area contributed by atoms with Gasteiger partial charge in [0.1, 0.15) is 5.82 Å². The van der Waals surface area contributed by atoms with Gasteiger partial charge in [0.25, 0.3) is 0 Å². The van der Waals surface area contributed by atoms with Crippen molar-refractivity contribution in [1.82, 2.24) is 10.6 Å². The molecule has 0 aliphatic heterocycles. The van der Waals surface area contributed by atoms with Crippen molar-refractivity contribution >= 4 is 29.9 Å². The Hall–Kier alpha value is -2.23. The van der Waals surface area contributed by atoms with Gasteiger partial charge in [-0.15, -0.1) is 24.0 Å². The number of methoxy groups -OCH3 is 2. The normalized spacial score (nSPS) is 10.7. The minimum Gasteiger partial charge on any atom is -0.502 e. The second-order valence-electron chi connectivity index (χ2n) is 5.52. The molecule has 2 aromatic carbocycles. The summed E-state index contributed by atoms with van der Waals surface area (Å²) >= 11 is 0. The Morgan fingerprint density at radius 2 is 1.63 bits per heavy atom. The van der Waals surface area contributed by atoms with Crippen LogP contribution < -0.4 is 20.1 Å². The Morgan fingerprint density at radius 3 is 2.15 bits per heavy atom. The number of ether oxygens (including phenoxy) is 2. The van der Waals surface area contributed by atoms with E-state index in [1.54, 1.807) is 24.3 Å². The van der Waals surface area contributed by atoms with E-state index >= 15 is 0 Å². The van der Waals surface area contributed by atoms with Crippen LogP contribution in [0.15, 0.2) is 41.4 Å². The zero-order chi connectivity index (χ0) is 18.9. The summed E-state index contributed by atoms with van der Waals surface area (Å²) < 4.78 is 23.3. The van der Waals surface area contributed by atoms with Crippen molar-refractivity contribution in [2.24, 2.45) is 4.99 Å². The molecule has 2 aromatic rings. The lowest BCUT2D eigenvalue weighted by atomic mass is 10.2. The van der Waals surface area contributed by atoms with E-state index in [1.807, 2.05) is 6.92 Å². The molecule has 0 atom stereocenters. The Kier molecular flexibility index (Phi) is 9.70. The van der Waals surface area contributed by atoms with E-state index in [4.69, 9.17) is 9.47 Å². The first-order chi connectivity index (χ1) is 12.6. The number of halogens is 2. The smallest absolute Gasteiger partial charge is 0.200 e. The van der Waals surface area contributed by atoms with Crippen molar-refractivity contribution in [3.05, 3.63) is 53.3 Å². The first kappa shape index (κ1) is 22.8. The number of guanidine groups is 1. The number of hydrogen-bond donors (Lipinski definition) is 3. The molecule has 0 saturated heterocycles. The topological polar surface area (TPSA) is 75.1 Å². The van der Waals surface area contributed by atoms with Gasteiger partial charge in [0.2, 0.25) is 5.75 Å². The first-order valence-corrected chi connectivity index (χ1v) is 8.27. The van der Waals surface area contributed by atoms with Gasteiger partial charge >= 0.3 is 0 Å². The molecule has 0 unspecified atom stereocenters. The van der Waals surface area contributed by atoms with Crippen molar-refractivity contribution in [3.8, 4) is 17.2 Å². The highest BCUT2D eigenvalue weighted by Gasteiger charge is 2.11. The molecule has 0 aromatic heterocycles. The monoisotopic (exact) mass is 489 g/mol. The van der Waals surface area contributed by atoms with Crippen LogP contribution in [0, 0.1) is 5.82 Å². The zero-order valence-electron chi connectivity index (χ0n) is 15.6. The minimum atomic E-state index is -0.260. The van der Waals surface area contributed by atoms with Crippen LogP contribution in [0.1, 0.15) is 18.1 Å². The summed E-state index contributed by atoms with van der Waals surface area (Å²) in [6.45, 7) is 3.57. The predicted octanol–water partition coefficient (Wildman–Crippen LogP) is 3.42. The fourth-order valence-electron chi connectivity index (χ4n) is 2.34. The minimum absolute atomic E-state index is 0. The van der Waals surface area contributed by atoms with E-state index in [2.05, 4.69) is 15.6 Å². The number of phenolic OH excluding ortho intramolecular Hbond substituents is 1. The summed E-state index contributed by atoms with van der Waals surface area (Å²) in [7, 11) is 2.96. The molecule has 0 heterocycles. The lowest BCUT2D eigenvalue weighted by Gasteiger charge is -2.13. The average molecular weight is 489 g/mol. The van der Waals surface area contributed by atoms with Crippen LogP contribution in [0.3, 0.4) is 0 Å². The van der Waals surface area contributed by atoms with Crippen molar-refractivity contribution in [2.45, 2.75) is 20.0 Å². The largest absolute Gasteiger partial charge is 0.502 e. The van der Waals surface area contributed by atoms with Crippen LogP contribution in [-0.2, 0) is 13.1 Å². The fourth-order valence-corrected chi connectivity index (χ4v) is 2.34. The molecule has 0 aliphatic rings. The summed E-state index contributed by atoms with van der Waals surface area (Å²) in [6.07, 6.45) is 0. The molecule has 27 heavy (non-hydrogen) atoms. The molecule has 0 aliphatic carbocycles. The lowest BCUT2D eigenvalue weighted by molar-refractivity contribution is 0.339. The van der Waals surface area contributed by atoms with Gasteiger partial charge in [-0.05, 0) is 42.3 Å². The van der Waals surface area contributed by atoms with Gasteiger partial charge in [-0.1, -0.05) is 12.1 Å². The molecule has 8 heteroatoms. The summed E-state index contributed by atoms with van der Waals surface area (Å²) in [5.41, 5.74) is 1.78. The van der Waals surface area contributed by atoms with Crippen molar-refractivity contribution in [3.63, 3.8) is 0 Å². The highest BCUT2D eigenvalue weighted by atomic mass is 127. The van der Waals surface area contributed by atoms with Crippen LogP contribution >= 0.6 is 24.0 Å². The summed E-state index contributed by atoms with van der Waals surface area (Å²) in [6, 6.07) is 9.73. The van der Waals surface area contributed by atoms with Gasteiger partial charge < -0.3 is 25.2 Å². The summed E-state index contributed by atoms with van der Waals surface area (Å²) in [4.78, 5) is 4.52. The maximum atomic E-state index is 13.0. The van der Waals surface area contributed by atoms with E-state index < -0.39 is 0 Å². The Labute approximate surface area is 175 Å². The molecule has 148 valence electrons. The van der Waals surface area contributed by atoms with Crippen molar-refractivity contribution in [2.75, 3.05) is 20.8 Å². The first-order valence-electron chi connectivity index (χ1n) is 8.27. The number of rotatable bonds is 7. The third kappa shape index (κ3) is 6.78. The highest BCUT2D eigenvalue weighted by Crippen LogP contribution is 2.37. The molecule has 6 nitrogen and oxygen atoms in total. The van der Waals surface area contributed by atoms with Gasteiger partial charge in [-0.25, -0.2) is 9.38 Å². The van der Waals surface area contributed by atoms with E-state index in [-0.39, 0.29) is 35.5 Å². The molecular formula is C19H25FIN3O3. The van der Waals surface area contributed by atoms with E-state index in [9.17, 15) is 9.50 Å². The maximum absolute atomic E-state index is 13.0. The number of aliphatic imine (C=N–C) groups is 1. The number of nitrogens with zero attached hydrogens (tertiary/aromatic N) is 1. The fraction of sp³-hybridized carbons (Fsp3) is 0.316. The second kappa shape index (κ2) is 11.5. The molecule has 3 N–H and O–H groups in total. The number of benzene rings is 2. The second-order valence-corrected chi connectivity index (χ2v) is 5.52. The number of phenols is 1. The molecule has 0 bridgehead atoms. The number of hydrogen-bond acceptors (Lipinski definition) is 4. The molecule has 2 rings (SSSR count). The standard InChI is InChI=1S/C19H24FN3O3.HI/c1-4-21-19(22-11-13-5-7-15(20)8-6-13)23-12-14-9-16(25-2)18(24)17(10-14)26-3;/h5-10,24H,4,11-12H2,1-3H3,(H2,21,22,23);1H. The molecular weight excluding hydrogens is 464 g/mol. The summed E-state index contributed by atoms with van der Waals surface area (Å²) in [5, 5.41) is 16.3. The Balaban J connectivity index is 0.00000364. The third-order valence-electron chi connectivity index (χ3n) is 3.68. The van der Waals surface area contributed by atoms with Crippen LogP contribution in [0.4, 0.5) is 4.39 Å². The average Bonchev–Trinajstić information content (AvgIpc) is 2.66. The Bertz CT molecular complexity index is 729. The van der Waals surface area contributed by atoms with Gasteiger partial charge in [-0.3, -0.25) is 0 Å². The summed E-state index contributed by atoms with van der Waals surface area (Å²) in [5.74, 6) is 0.995. The molecule has 0 amide bonds. The quantitative estimate of drug-likeness (QED) is 0.316. The van der Waals surface area contributed by atoms with Crippen molar-refractivity contribution in [1.29, 1.82) is 0 Å². The lowest BCUT2D eigenvalue weighted by Crippen LogP contribution is -2.36. The SMILES string of the molecule is CCNC(=NCc1cc(OC)c(O)c(OC)c1)NCc1ccc(F)cc1.I. The molecule has 0 fully saturated rings. The van der Waals surface area contributed by atoms with Gasteiger partial charge in [0.15, 0.2) is 17.5 Å². The van der Waals surface area contributed by atoms with E-state index in [1.165, 1.54) is 26.4 Å². The van der Waals surface area contributed by atoms with Gasteiger partial charge in [0, 0.05) is 13.1 Å². The highest BCUT2D eigenvalue weighted by molar-refractivity contribution is 14.0. The predicted molar refractivity (Wildman–Crippen MR) is 115 cm³/mol. The van der Waals surface area contributed by atoms with E-state index in [0.717, 1.165) is 11.1 Å². The maximum Gasteiger partial charge on any atom is 0.200 e. The van der Waals surface area contributed by atoms with Gasteiger partial charge in [-0.2, -0.15) is 0 Å². The molecule has 0 saturated carbocycles. The molecule has 0 radical (unpaired) electrons. The zero-order valence-corrected chi connectivity index (χ0v) is 17.9. The number of aromatic hydroxyl groups is 1. The van der Waals surface area contributed by atoms with E-state index in [0.29, 0.717) is 37.1 Å². The third-order valence-corrected chi connectivity index (χ3v) is 3.68. The Morgan fingerprint density at radius 1 is 1.04 bits per heavy atom. The van der Waals surface area contributed by atoms with Crippen LogP contribution in [0.25, 0.3) is 0 Å². The van der Waals surface area contributed by atoms with Crippen LogP contribution in [0.2, 0.25) is 0 Å². The van der Waals surface area contributed by atoms with Crippen LogP contribution in [-0.4, -0.2) is 31.8 Å². The number of nitrogens with one attached hydrogen (secondary N) is 2.